The molecule has 0 saturated carbocycles. The van der Waals surface area contributed by atoms with E-state index in [9.17, 15) is 9.59 Å². The normalized spacial score (nSPS) is 14.8. The molecule has 0 atom stereocenters. The summed E-state index contributed by atoms with van der Waals surface area (Å²) in [5.41, 5.74) is 2.52. The third kappa shape index (κ3) is 3.19. The van der Waals surface area contributed by atoms with Gasteiger partial charge in [-0.25, -0.2) is 4.98 Å². The highest BCUT2D eigenvalue weighted by atomic mass is 32.1. The summed E-state index contributed by atoms with van der Waals surface area (Å²) in [6.07, 6.45) is 0. The van der Waals surface area contributed by atoms with Gasteiger partial charge in [0.2, 0.25) is 0 Å². The van der Waals surface area contributed by atoms with Gasteiger partial charge in [0, 0.05) is 31.7 Å². The fourth-order valence-electron chi connectivity index (χ4n) is 2.97. The molecule has 0 unspecified atom stereocenters. The quantitative estimate of drug-likeness (QED) is 0.842. The minimum absolute atomic E-state index is 0.0288. The zero-order chi connectivity index (χ0) is 17.3. The number of hydrogen-bond donors (Lipinski definition) is 0. The van der Waals surface area contributed by atoms with Crippen molar-refractivity contribution in [3.63, 3.8) is 0 Å². The molecule has 2 heterocycles. The first-order valence-corrected chi connectivity index (χ1v) is 8.87. The molecular formula is C18H21N3O2S. The monoisotopic (exact) mass is 343 g/mol. The molecule has 0 N–H and O–H groups in total. The number of nitrogens with zero attached hydrogens (tertiary/aromatic N) is 3. The standard InChI is InChI=1S/C18H21N3O2S/c1-12-6-4-5-7-15(12)17(22)20-8-10-21(11-9-20)18(23)16-13(2)19-14(3)24-16/h4-7H,8-11H2,1-3H3. The summed E-state index contributed by atoms with van der Waals surface area (Å²) in [5, 5.41) is 0.907. The molecule has 0 radical (unpaired) electrons. The van der Waals surface area contributed by atoms with Crippen molar-refractivity contribution in [3.8, 4) is 0 Å². The Kier molecular flexibility index (Phi) is 4.66. The van der Waals surface area contributed by atoms with E-state index in [1.54, 1.807) is 0 Å². The molecule has 1 aromatic carbocycles. The van der Waals surface area contributed by atoms with Crippen LogP contribution in [0.4, 0.5) is 0 Å². The van der Waals surface area contributed by atoms with Crippen molar-refractivity contribution in [2.45, 2.75) is 20.8 Å². The predicted octanol–water partition coefficient (Wildman–Crippen LogP) is 2.67. The van der Waals surface area contributed by atoms with E-state index in [0.29, 0.717) is 31.1 Å². The smallest absolute Gasteiger partial charge is 0.265 e. The van der Waals surface area contributed by atoms with Crippen LogP contribution in [0, 0.1) is 20.8 Å². The molecule has 2 amide bonds. The van der Waals surface area contributed by atoms with Crippen molar-refractivity contribution in [2.75, 3.05) is 26.2 Å². The predicted molar refractivity (Wildman–Crippen MR) is 94.6 cm³/mol. The van der Waals surface area contributed by atoms with E-state index in [2.05, 4.69) is 4.98 Å². The lowest BCUT2D eigenvalue weighted by atomic mass is 10.1. The van der Waals surface area contributed by atoms with Crippen molar-refractivity contribution in [2.24, 2.45) is 0 Å². The van der Waals surface area contributed by atoms with Crippen LogP contribution in [0.1, 0.15) is 36.3 Å². The van der Waals surface area contributed by atoms with Gasteiger partial charge < -0.3 is 9.80 Å². The second-order valence-corrected chi connectivity index (χ2v) is 7.25. The molecule has 0 spiro atoms. The minimum Gasteiger partial charge on any atom is -0.335 e. The zero-order valence-electron chi connectivity index (χ0n) is 14.2. The van der Waals surface area contributed by atoms with Crippen molar-refractivity contribution < 1.29 is 9.59 Å². The van der Waals surface area contributed by atoms with E-state index in [-0.39, 0.29) is 11.8 Å². The van der Waals surface area contributed by atoms with Gasteiger partial charge in [-0.2, -0.15) is 0 Å². The molecule has 3 rings (SSSR count). The van der Waals surface area contributed by atoms with Gasteiger partial charge in [0.15, 0.2) is 0 Å². The van der Waals surface area contributed by atoms with Crippen LogP contribution in [-0.4, -0.2) is 52.8 Å². The second kappa shape index (κ2) is 6.73. The number of carbonyl (C=O) groups is 2. The Morgan fingerprint density at radius 1 is 0.958 bits per heavy atom. The van der Waals surface area contributed by atoms with Crippen LogP contribution < -0.4 is 0 Å². The fourth-order valence-corrected chi connectivity index (χ4v) is 3.86. The molecule has 0 aliphatic carbocycles. The van der Waals surface area contributed by atoms with E-state index >= 15 is 0 Å². The summed E-state index contributed by atoms with van der Waals surface area (Å²) in [6, 6.07) is 7.62. The first-order valence-electron chi connectivity index (χ1n) is 8.05. The number of amides is 2. The van der Waals surface area contributed by atoms with Crippen molar-refractivity contribution in [3.05, 3.63) is 51.0 Å². The number of aromatic nitrogens is 1. The van der Waals surface area contributed by atoms with Gasteiger partial charge in [-0.3, -0.25) is 9.59 Å². The van der Waals surface area contributed by atoms with Gasteiger partial charge in [0.25, 0.3) is 11.8 Å². The first-order chi connectivity index (χ1) is 11.5. The minimum atomic E-state index is 0.0288. The van der Waals surface area contributed by atoms with Crippen molar-refractivity contribution in [1.29, 1.82) is 0 Å². The lowest BCUT2D eigenvalue weighted by Gasteiger charge is -2.34. The third-order valence-electron chi connectivity index (χ3n) is 4.33. The molecule has 1 aliphatic rings. The maximum atomic E-state index is 12.6. The van der Waals surface area contributed by atoms with E-state index < -0.39 is 0 Å². The highest BCUT2D eigenvalue weighted by Crippen LogP contribution is 2.20. The number of rotatable bonds is 2. The molecule has 5 nitrogen and oxygen atoms in total. The molecule has 1 fully saturated rings. The molecular weight excluding hydrogens is 322 g/mol. The maximum Gasteiger partial charge on any atom is 0.265 e. The van der Waals surface area contributed by atoms with Crippen LogP contribution in [0.3, 0.4) is 0 Å². The summed E-state index contributed by atoms with van der Waals surface area (Å²) in [4.78, 5) is 34.0. The van der Waals surface area contributed by atoms with Crippen molar-refractivity contribution >= 4 is 23.2 Å². The summed E-state index contributed by atoms with van der Waals surface area (Å²) < 4.78 is 0. The van der Waals surface area contributed by atoms with Crippen molar-refractivity contribution in [1.82, 2.24) is 14.8 Å². The molecule has 1 saturated heterocycles. The van der Waals surface area contributed by atoms with Gasteiger partial charge in [0.1, 0.15) is 4.88 Å². The topological polar surface area (TPSA) is 53.5 Å². The van der Waals surface area contributed by atoms with Crippen LogP contribution in [0.25, 0.3) is 0 Å². The summed E-state index contributed by atoms with van der Waals surface area (Å²) in [7, 11) is 0. The summed E-state index contributed by atoms with van der Waals surface area (Å²) in [6.45, 7) is 7.98. The van der Waals surface area contributed by atoms with E-state index in [4.69, 9.17) is 0 Å². The second-order valence-electron chi connectivity index (χ2n) is 6.05. The molecule has 1 aliphatic heterocycles. The Morgan fingerprint density at radius 2 is 1.54 bits per heavy atom. The fraction of sp³-hybridized carbons (Fsp3) is 0.389. The van der Waals surface area contributed by atoms with E-state index in [1.807, 2.05) is 54.8 Å². The summed E-state index contributed by atoms with van der Waals surface area (Å²) >= 11 is 1.44. The van der Waals surface area contributed by atoms with Crippen LogP contribution in [0.2, 0.25) is 0 Å². The maximum absolute atomic E-state index is 12.6. The number of carbonyl (C=O) groups excluding carboxylic acids is 2. The lowest BCUT2D eigenvalue weighted by molar-refractivity contribution is 0.0537. The SMILES string of the molecule is Cc1nc(C)c(C(=O)N2CCN(C(=O)c3ccccc3C)CC2)s1. The van der Waals surface area contributed by atoms with Crippen LogP contribution >= 0.6 is 11.3 Å². The van der Waals surface area contributed by atoms with Gasteiger partial charge in [-0.05, 0) is 32.4 Å². The first kappa shape index (κ1) is 16.6. The van der Waals surface area contributed by atoms with Gasteiger partial charge in [-0.1, -0.05) is 18.2 Å². The van der Waals surface area contributed by atoms with Gasteiger partial charge in [-0.15, -0.1) is 11.3 Å². The Hall–Kier alpha value is -2.21. The summed E-state index contributed by atoms with van der Waals surface area (Å²) in [5.74, 6) is 0.0751. The zero-order valence-corrected chi connectivity index (χ0v) is 15.0. The molecule has 0 bridgehead atoms. The molecule has 2 aromatic rings. The van der Waals surface area contributed by atoms with Gasteiger partial charge >= 0.3 is 0 Å². The Morgan fingerprint density at radius 3 is 2.08 bits per heavy atom. The highest BCUT2D eigenvalue weighted by molar-refractivity contribution is 7.13. The lowest BCUT2D eigenvalue weighted by Crippen LogP contribution is -2.50. The Bertz CT molecular complexity index is 776. The van der Waals surface area contributed by atoms with E-state index in [1.165, 1.54) is 11.3 Å². The van der Waals surface area contributed by atoms with Crippen LogP contribution in [0.5, 0.6) is 0 Å². The molecule has 24 heavy (non-hydrogen) atoms. The number of hydrogen-bond acceptors (Lipinski definition) is 4. The Labute approximate surface area is 145 Å². The number of aryl methyl sites for hydroxylation is 3. The molecule has 6 heteroatoms. The average molecular weight is 343 g/mol. The van der Waals surface area contributed by atoms with Gasteiger partial charge in [0.05, 0.1) is 10.7 Å². The average Bonchev–Trinajstić information content (AvgIpc) is 2.92. The Balaban J connectivity index is 1.66. The highest BCUT2D eigenvalue weighted by Gasteiger charge is 2.27. The number of thiazole rings is 1. The molecule has 126 valence electrons. The molecule has 1 aromatic heterocycles. The van der Waals surface area contributed by atoms with Crippen LogP contribution in [-0.2, 0) is 0 Å². The number of benzene rings is 1. The largest absolute Gasteiger partial charge is 0.335 e. The van der Waals surface area contributed by atoms with Crippen LogP contribution in [0.15, 0.2) is 24.3 Å². The third-order valence-corrected chi connectivity index (χ3v) is 5.39. The number of piperazine rings is 1. The van der Waals surface area contributed by atoms with E-state index in [0.717, 1.165) is 21.8 Å².